The maximum absolute atomic E-state index is 12.4. The second kappa shape index (κ2) is 10.9. The van der Waals surface area contributed by atoms with E-state index in [1.165, 1.54) is 5.56 Å². The van der Waals surface area contributed by atoms with Gasteiger partial charge in [-0.3, -0.25) is 14.8 Å². The van der Waals surface area contributed by atoms with E-state index >= 15 is 0 Å². The minimum atomic E-state index is -0.126. The number of nitrogens with one attached hydrogen (secondary N) is 2. The van der Waals surface area contributed by atoms with Crippen LogP contribution in [0.5, 0.6) is 0 Å². The monoisotopic (exact) mass is 426 g/mol. The molecule has 7 nitrogen and oxygen atoms in total. The molecule has 0 aliphatic carbocycles. The van der Waals surface area contributed by atoms with Gasteiger partial charge in [0.1, 0.15) is 5.82 Å². The minimum Gasteiger partial charge on any atom is -0.356 e. The van der Waals surface area contributed by atoms with Crippen molar-refractivity contribution in [2.45, 2.75) is 19.4 Å². The molecule has 0 aliphatic rings. The second-order valence-corrected chi connectivity index (χ2v) is 7.49. The molecular formula is C25H26N6O. The van der Waals surface area contributed by atoms with Crippen LogP contribution in [0.3, 0.4) is 0 Å². The van der Waals surface area contributed by atoms with Crippen molar-refractivity contribution >= 4 is 11.8 Å². The second-order valence-electron chi connectivity index (χ2n) is 7.49. The minimum absolute atomic E-state index is 0.126. The number of aromatic amines is 1. The number of nitrogens with zero attached hydrogens (tertiary/aromatic N) is 4. The summed E-state index contributed by atoms with van der Waals surface area (Å²) in [6.07, 6.45) is 8.29. The van der Waals surface area contributed by atoms with Crippen molar-refractivity contribution in [1.29, 1.82) is 0 Å². The standard InChI is InChI=1S/C25H26N6O/c32-24-22(17-20-10-14-26-15-11-20)18-29-25(30-24)28-13-6-16-31(23-9-4-5-12-27-23)19-21-7-2-1-3-8-21/h1-5,7-12,14-15,18H,6,13,16-17,19H2,(H2,28,29,30,32). The molecule has 0 bridgehead atoms. The molecule has 32 heavy (non-hydrogen) atoms. The van der Waals surface area contributed by atoms with Crippen LogP contribution in [0.25, 0.3) is 0 Å². The number of H-pyrrole nitrogens is 1. The largest absolute Gasteiger partial charge is 0.356 e. The number of anilines is 2. The van der Waals surface area contributed by atoms with Gasteiger partial charge in [-0.1, -0.05) is 36.4 Å². The average molecular weight is 427 g/mol. The zero-order chi connectivity index (χ0) is 22.0. The van der Waals surface area contributed by atoms with Crippen molar-refractivity contribution in [3.8, 4) is 0 Å². The number of pyridine rings is 2. The molecule has 0 spiro atoms. The lowest BCUT2D eigenvalue weighted by Gasteiger charge is -2.24. The average Bonchev–Trinajstić information content (AvgIpc) is 2.84. The predicted molar refractivity (Wildman–Crippen MR) is 127 cm³/mol. The number of hydrogen-bond donors (Lipinski definition) is 2. The Bertz CT molecular complexity index is 1150. The Morgan fingerprint density at radius 2 is 1.69 bits per heavy atom. The topological polar surface area (TPSA) is 86.8 Å². The first-order valence-corrected chi connectivity index (χ1v) is 10.7. The number of benzene rings is 1. The van der Waals surface area contributed by atoms with Crippen LogP contribution >= 0.6 is 0 Å². The molecule has 162 valence electrons. The van der Waals surface area contributed by atoms with E-state index in [9.17, 15) is 4.79 Å². The molecule has 3 aromatic heterocycles. The first-order valence-electron chi connectivity index (χ1n) is 10.7. The predicted octanol–water partition coefficient (Wildman–Crippen LogP) is 3.66. The number of aromatic nitrogens is 4. The van der Waals surface area contributed by atoms with Crippen LogP contribution in [0.15, 0.2) is 90.2 Å². The molecule has 4 rings (SSSR count). The van der Waals surface area contributed by atoms with E-state index in [1.807, 2.05) is 54.7 Å². The first kappa shape index (κ1) is 21.2. The molecule has 0 fully saturated rings. The summed E-state index contributed by atoms with van der Waals surface area (Å²) in [6.45, 7) is 2.30. The Morgan fingerprint density at radius 3 is 2.44 bits per heavy atom. The van der Waals surface area contributed by atoms with Gasteiger partial charge in [-0.15, -0.1) is 0 Å². The van der Waals surface area contributed by atoms with Gasteiger partial charge in [0, 0.05) is 56.4 Å². The maximum Gasteiger partial charge on any atom is 0.255 e. The van der Waals surface area contributed by atoms with E-state index in [1.54, 1.807) is 18.6 Å². The van der Waals surface area contributed by atoms with Crippen molar-refractivity contribution in [3.05, 3.63) is 112 Å². The molecule has 7 heteroatoms. The Kier molecular flexibility index (Phi) is 7.21. The summed E-state index contributed by atoms with van der Waals surface area (Å²) in [7, 11) is 0. The molecule has 3 heterocycles. The SMILES string of the molecule is O=c1[nH]c(NCCCN(Cc2ccccc2)c2ccccn2)ncc1Cc1ccncc1. The summed E-state index contributed by atoms with van der Waals surface area (Å²) >= 11 is 0. The smallest absolute Gasteiger partial charge is 0.255 e. The van der Waals surface area contributed by atoms with E-state index in [-0.39, 0.29) is 5.56 Å². The highest BCUT2D eigenvalue weighted by atomic mass is 16.1. The van der Waals surface area contributed by atoms with Crippen molar-refractivity contribution in [1.82, 2.24) is 19.9 Å². The highest BCUT2D eigenvalue weighted by molar-refractivity contribution is 5.39. The Labute approximate surface area is 187 Å². The van der Waals surface area contributed by atoms with Crippen molar-refractivity contribution < 1.29 is 0 Å². The summed E-state index contributed by atoms with van der Waals surface area (Å²) in [5.74, 6) is 1.43. The zero-order valence-corrected chi connectivity index (χ0v) is 17.8. The van der Waals surface area contributed by atoms with Gasteiger partial charge < -0.3 is 10.2 Å². The lowest BCUT2D eigenvalue weighted by molar-refractivity contribution is 0.735. The molecule has 1 aromatic carbocycles. The van der Waals surface area contributed by atoms with Crippen LogP contribution in [-0.2, 0) is 13.0 Å². The van der Waals surface area contributed by atoms with Gasteiger partial charge >= 0.3 is 0 Å². The van der Waals surface area contributed by atoms with Crippen LogP contribution in [0, 0.1) is 0 Å². The molecule has 0 saturated carbocycles. The van der Waals surface area contributed by atoms with Crippen molar-refractivity contribution in [2.75, 3.05) is 23.3 Å². The summed E-state index contributed by atoms with van der Waals surface area (Å²) in [5, 5.41) is 3.22. The molecule has 0 unspecified atom stereocenters. The van der Waals surface area contributed by atoms with Crippen molar-refractivity contribution in [2.24, 2.45) is 0 Å². The fourth-order valence-electron chi connectivity index (χ4n) is 3.45. The Morgan fingerprint density at radius 1 is 0.875 bits per heavy atom. The van der Waals surface area contributed by atoms with Gasteiger partial charge in [-0.05, 0) is 41.8 Å². The Hall–Kier alpha value is -4.00. The molecule has 4 aromatic rings. The van der Waals surface area contributed by atoms with Crippen LogP contribution in [0.4, 0.5) is 11.8 Å². The van der Waals surface area contributed by atoms with Gasteiger partial charge in [0.25, 0.3) is 5.56 Å². The molecule has 0 amide bonds. The van der Waals surface area contributed by atoms with Crippen LogP contribution in [0.2, 0.25) is 0 Å². The van der Waals surface area contributed by atoms with E-state index < -0.39 is 0 Å². The van der Waals surface area contributed by atoms with Gasteiger partial charge in [-0.2, -0.15) is 0 Å². The summed E-state index contributed by atoms with van der Waals surface area (Å²) in [4.78, 5) is 30.4. The normalized spacial score (nSPS) is 10.6. The number of hydrogen-bond acceptors (Lipinski definition) is 6. The lowest BCUT2D eigenvalue weighted by atomic mass is 10.1. The van der Waals surface area contributed by atoms with Crippen molar-refractivity contribution in [3.63, 3.8) is 0 Å². The molecule has 0 aliphatic heterocycles. The quantitative estimate of drug-likeness (QED) is 0.376. The third-order valence-corrected chi connectivity index (χ3v) is 5.10. The Balaban J connectivity index is 1.32. The fraction of sp³-hybridized carbons (Fsp3) is 0.200. The number of rotatable bonds is 10. The van der Waals surface area contributed by atoms with E-state index in [4.69, 9.17) is 0 Å². The maximum atomic E-state index is 12.4. The fourth-order valence-corrected chi connectivity index (χ4v) is 3.45. The van der Waals surface area contributed by atoms with Gasteiger partial charge in [0.2, 0.25) is 5.95 Å². The highest BCUT2D eigenvalue weighted by Gasteiger charge is 2.09. The van der Waals surface area contributed by atoms with Crippen LogP contribution in [0.1, 0.15) is 23.1 Å². The summed E-state index contributed by atoms with van der Waals surface area (Å²) in [6, 6.07) is 20.1. The van der Waals surface area contributed by atoms with Crippen LogP contribution < -0.4 is 15.8 Å². The molecule has 2 N–H and O–H groups in total. The zero-order valence-electron chi connectivity index (χ0n) is 17.8. The van der Waals surface area contributed by atoms with Crippen LogP contribution in [-0.4, -0.2) is 33.0 Å². The van der Waals surface area contributed by atoms with Gasteiger partial charge in [-0.25, -0.2) is 9.97 Å². The third kappa shape index (κ3) is 6.01. The van der Waals surface area contributed by atoms with Gasteiger partial charge in [0.05, 0.1) is 0 Å². The summed E-state index contributed by atoms with van der Waals surface area (Å²) in [5.41, 5.74) is 2.77. The molecule has 0 saturated heterocycles. The molecular weight excluding hydrogens is 400 g/mol. The van der Waals surface area contributed by atoms with E-state index in [0.717, 1.165) is 30.9 Å². The van der Waals surface area contributed by atoms with E-state index in [0.29, 0.717) is 24.5 Å². The molecule has 0 atom stereocenters. The van der Waals surface area contributed by atoms with E-state index in [2.05, 4.69) is 42.3 Å². The lowest BCUT2D eigenvalue weighted by Crippen LogP contribution is -2.26. The third-order valence-electron chi connectivity index (χ3n) is 5.10. The highest BCUT2D eigenvalue weighted by Crippen LogP contribution is 2.14. The van der Waals surface area contributed by atoms with Gasteiger partial charge in [0.15, 0.2) is 0 Å². The summed E-state index contributed by atoms with van der Waals surface area (Å²) < 4.78 is 0. The first-order chi connectivity index (χ1) is 15.8. The molecule has 0 radical (unpaired) electrons.